The van der Waals surface area contributed by atoms with E-state index in [4.69, 9.17) is 40.5 Å². The highest BCUT2D eigenvalue weighted by molar-refractivity contribution is 7.99. The maximum Gasteiger partial charge on any atom is 0.0603 e. The van der Waals surface area contributed by atoms with Gasteiger partial charge in [-0.1, -0.05) is 58.7 Å². The second-order valence-corrected chi connectivity index (χ2v) is 6.89. The summed E-state index contributed by atoms with van der Waals surface area (Å²) in [4.78, 5) is 2.02. The van der Waals surface area contributed by atoms with Crippen molar-refractivity contribution in [2.45, 2.75) is 29.2 Å². The maximum absolute atomic E-state index is 6.31. The highest BCUT2D eigenvalue weighted by atomic mass is 35.5. The van der Waals surface area contributed by atoms with Gasteiger partial charge in [0.25, 0.3) is 0 Å². The largest absolute Gasteiger partial charge is 0.328 e. The molecule has 0 saturated heterocycles. The van der Waals surface area contributed by atoms with Crippen LogP contribution in [0.4, 0.5) is 0 Å². The molecule has 1 nitrogen and oxygen atoms in total. The third-order valence-electron chi connectivity index (χ3n) is 2.70. The van der Waals surface area contributed by atoms with Crippen molar-refractivity contribution in [2.75, 3.05) is 0 Å². The maximum atomic E-state index is 6.31. The van der Waals surface area contributed by atoms with E-state index in [1.54, 1.807) is 17.8 Å². The lowest BCUT2D eigenvalue weighted by molar-refractivity contribution is 0.729. The molecule has 0 amide bonds. The summed E-state index contributed by atoms with van der Waals surface area (Å²) in [5.41, 5.74) is 7.03. The van der Waals surface area contributed by atoms with E-state index < -0.39 is 0 Å². The molecule has 0 aliphatic heterocycles. The Hall–Kier alpha value is -0.380. The molecule has 0 spiro atoms. The van der Waals surface area contributed by atoms with Crippen molar-refractivity contribution >= 4 is 46.6 Å². The van der Waals surface area contributed by atoms with E-state index in [2.05, 4.69) is 6.07 Å². The number of nitrogens with two attached hydrogens (primary N) is 1. The minimum Gasteiger partial charge on any atom is -0.328 e. The third-order valence-corrected chi connectivity index (χ3v) is 5.04. The van der Waals surface area contributed by atoms with Crippen LogP contribution >= 0.6 is 46.6 Å². The van der Waals surface area contributed by atoms with Gasteiger partial charge in [-0.05, 0) is 43.2 Å². The van der Waals surface area contributed by atoms with Crippen molar-refractivity contribution in [1.82, 2.24) is 0 Å². The lowest BCUT2D eigenvalue weighted by atomic mass is 10.1. The highest BCUT2D eigenvalue weighted by Crippen LogP contribution is 2.38. The molecule has 0 heterocycles. The molecular weight excluding hydrogens is 333 g/mol. The Morgan fingerprint density at radius 1 is 1.05 bits per heavy atom. The summed E-state index contributed by atoms with van der Waals surface area (Å²) >= 11 is 19.9. The van der Waals surface area contributed by atoms with Crippen LogP contribution in [0.2, 0.25) is 15.1 Å². The molecule has 0 radical (unpaired) electrons. The van der Waals surface area contributed by atoms with Gasteiger partial charge in [0.15, 0.2) is 0 Å². The Morgan fingerprint density at radius 2 is 1.80 bits per heavy atom. The first-order valence-corrected chi connectivity index (χ1v) is 8.08. The quantitative estimate of drug-likeness (QED) is 0.769. The molecule has 2 N–H and O–H groups in total. The Bertz CT molecular complexity index is 614. The smallest absolute Gasteiger partial charge is 0.0603 e. The monoisotopic (exact) mass is 345 g/mol. The molecule has 0 bridgehead atoms. The van der Waals surface area contributed by atoms with Crippen molar-refractivity contribution in [2.24, 2.45) is 5.73 Å². The average Bonchev–Trinajstić information content (AvgIpc) is 2.37. The molecule has 0 aromatic heterocycles. The minimum atomic E-state index is 0.0848. The van der Waals surface area contributed by atoms with Crippen LogP contribution in [0.15, 0.2) is 46.2 Å². The summed E-state index contributed by atoms with van der Waals surface area (Å²) in [6.07, 6.45) is 0.782. The van der Waals surface area contributed by atoms with Gasteiger partial charge in [-0.25, -0.2) is 0 Å². The Morgan fingerprint density at radius 3 is 2.45 bits per heavy atom. The molecule has 0 aliphatic rings. The highest BCUT2D eigenvalue weighted by Gasteiger charge is 2.11. The number of rotatable bonds is 4. The summed E-state index contributed by atoms with van der Waals surface area (Å²) in [5.74, 6) is 0. The van der Waals surface area contributed by atoms with Crippen LogP contribution in [0.5, 0.6) is 0 Å². The molecule has 0 saturated carbocycles. The molecule has 2 aromatic carbocycles. The van der Waals surface area contributed by atoms with Crippen LogP contribution in [0, 0.1) is 0 Å². The Kier molecular flexibility index (Phi) is 5.65. The van der Waals surface area contributed by atoms with Crippen molar-refractivity contribution < 1.29 is 0 Å². The molecule has 1 unspecified atom stereocenters. The van der Waals surface area contributed by atoms with Crippen molar-refractivity contribution in [3.63, 3.8) is 0 Å². The summed E-state index contributed by atoms with van der Waals surface area (Å²) in [7, 11) is 0. The van der Waals surface area contributed by atoms with Crippen molar-refractivity contribution in [1.29, 1.82) is 0 Å². The Labute approximate surface area is 138 Å². The SMILES string of the molecule is CC(N)Cc1cccc(Cl)c1Sc1ccc(Cl)c(Cl)c1. The van der Waals surface area contributed by atoms with Gasteiger partial charge < -0.3 is 5.73 Å². The van der Waals surface area contributed by atoms with Crippen LogP contribution < -0.4 is 5.73 Å². The number of benzene rings is 2. The first kappa shape index (κ1) is 16.0. The fourth-order valence-electron chi connectivity index (χ4n) is 1.83. The van der Waals surface area contributed by atoms with Gasteiger partial charge in [0.2, 0.25) is 0 Å². The summed E-state index contributed by atoms with van der Waals surface area (Å²) in [5, 5.41) is 1.81. The van der Waals surface area contributed by atoms with Gasteiger partial charge in [-0.15, -0.1) is 0 Å². The summed E-state index contributed by atoms with van der Waals surface area (Å²) in [6.45, 7) is 1.98. The van der Waals surface area contributed by atoms with Crippen LogP contribution in [-0.4, -0.2) is 6.04 Å². The standard InChI is InChI=1S/C15H14Cl3NS/c1-9(19)7-10-3-2-4-13(17)15(10)20-11-5-6-12(16)14(18)8-11/h2-6,8-9H,7,19H2,1H3. The number of hydrogen-bond donors (Lipinski definition) is 1. The third kappa shape index (κ3) is 4.06. The second-order valence-electron chi connectivity index (χ2n) is 4.59. The van der Waals surface area contributed by atoms with Crippen LogP contribution in [0.3, 0.4) is 0 Å². The fraction of sp³-hybridized carbons (Fsp3) is 0.200. The molecule has 0 fully saturated rings. The zero-order valence-electron chi connectivity index (χ0n) is 10.9. The zero-order valence-corrected chi connectivity index (χ0v) is 14.0. The van der Waals surface area contributed by atoms with Gasteiger partial charge in [0, 0.05) is 15.8 Å². The number of halogens is 3. The van der Waals surface area contributed by atoms with Gasteiger partial charge in [-0.3, -0.25) is 0 Å². The normalized spacial score (nSPS) is 12.4. The first-order chi connectivity index (χ1) is 9.47. The molecule has 106 valence electrons. The van der Waals surface area contributed by atoms with E-state index >= 15 is 0 Å². The predicted octanol–water partition coefficient (Wildman–Crippen LogP) is 5.69. The van der Waals surface area contributed by atoms with Gasteiger partial charge >= 0.3 is 0 Å². The predicted molar refractivity (Wildman–Crippen MR) is 89.4 cm³/mol. The minimum absolute atomic E-state index is 0.0848. The van der Waals surface area contributed by atoms with E-state index in [1.165, 1.54) is 0 Å². The molecule has 20 heavy (non-hydrogen) atoms. The lowest BCUT2D eigenvalue weighted by Gasteiger charge is -2.13. The van der Waals surface area contributed by atoms with Crippen molar-refractivity contribution in [3.05, 3.63) is 57.0 Å². The van der Waals surface area contributed by atoms with E-state index in [0.717, 1.165) is 26.8 Å². The van der Waals surface area contributed by atoms with Gasteiger partial charge in [-0.2, -0.15) is 0 Å². The molecule has 2 rings (SSSR count). The van der Waals surface area contributed by atoms with Crippen LogP contribution in [-0.2, 0) is 6.42 Å². The first-order valence-electron chi connectivity index (χ1n) is 6.13. The zero-order chi connectivity index (χ0) is 14.7. The molecule has 2 aromatic rings. The van der Waals surface area contributed by atoms with Gasteiger partial charge in [0.1, 0.15) is 0 Å². The molecule has 1 atom stereocenters. The topological polar surface area (TPSA) is 26.0 Å². The molecular formula is C15H14Cl3NS. The lowest BCUT2D eigenvalue weighted by Crippen LogP contribution is -2.18. The van der Waals surface area contributed by atoms with E-state index in [9.17, 15) is 0 Å². The van der Waals surface area contributed by atoms with E-state index in [1.807, 2.05) is 31.2 Å². The fourth-order valence-corrected chi connectivity index (χ4v) is 3.50. The Balaban J connectivity index is 2.34. The van der Waals surface area contributed by atoms with Crippen LogP contribution in [0.1, 0.15) is 12.5 Å². The van der Waals surface area contributed by atoms with Gasteiger partial charge in [0.05, 0.1) is 15.1 Å². The molecule has 0 aliphatic carbocycles. The van der Waals surface area contributed by atoms with E-state index in [0.29, 0.717) is 10.0 Å². The number of hydrogen-bond acceptors (Lipinski definition) is 2. The van der Waals surface area contributed by atoms with Crippen molar-refractivity contribution in [3.8, 4) is 0 Å². The average molecular weight is 347 g/mol. The second kappa shape index (κ2) is 7.06. The summed E-state index contributed by atoms with van der Waals surface area (Å²) in [6, 6.07) is 11.5. The van der Waals surface area contributed by atoms with Crippen LogP contribution in [0.25, 0.3) is 0 Å². The van der Waals surface area contributed by atoms with E-state index in [-0.39, 0.29) is 6.04 Å². The molecule has 5 heteroatoms. The summed E-state index contributed by atoms with van der Waals surface area (Å²) < 4.78 is 0.